The Morgan fingerprint density at radius 1 is 1.40 bits per heavy atom. The summed E-state index contributed by atoms with van der Waals surface area (Å²) in [5.41, 5.74) is 2.33. The van der Waals surface area contributed by atoms with Crippen molar-refractivity contribution in [3.8, 4) is 0 Å². The molecule has 0 saturated carbocycles. The van der Waals surface area contributed by atoms with Gasteiger partial charge in [0.25, 0.3) is 11.3 Å². The summed E-state index contributed by atoms with van der Waals surface area (Å²) in [7, 11) is 0. The van der Waals surface area contributed by atoms with Gasteiger partial charge < -0.3 is 9.88 Å². The molecule has 0 radical (unpaired) electrons. The highest BCUT2D eigenvalue weighted by molar-refractivity contribution is 7.99. The number of para-hydroxylation sites is 1. The molecular formula is C17H17F2N3O2S. The Balaban J connectivity index is 1.70. The number of nitrogens with zero attached hydrogens (tertiary/aromatic N) is 2. The van der Waals surface area contributed by atoms with Crippen LogP contribution in [0.2, 0.25) is 0 Å². The van der Waals surface area contributed by atoms with Crippen LogP contribution in [0.25, 0.3) is 0 Å². The molecule has 0 unspecified atom stereocenters. The molecule has 1 aliphatic rings. The van der Waals surface area contributed by atoms with Crippen LogP contribution in [0.5, 0.6) is 0 Å². The highest BCUT2D eigenvalue weighted by Gasteiger charge is 2.24. The number of aryl methyl sites for hydroxylation is 1. The summed E-state index contributed by atoms with van der Waals surface area (Å²) in [5, 5.41) is -0.110. The number of hydrogen-bond acceptors (Lipinski definition) is 4. The molecule has 1 N–H and O–H groups in total. The molecule has 8 heteroatoms. The van der Waals surface area contributed by atoms with E-state index in [1.54, 1.807) is 11.8 Å². The summed E-state index contributed by atoms with van der Waals surface area (Å²) < 4.78 is 24.8. The molecular weight excluding hydrogens is 348 g/mol. The number of anilines is 1. The molecule has 2 aromatic rings. The van der Waals surface area contributed by atoms with Crippen molar-refractivity contribution in [2.75, 3.05) is 11.4 Å². The van der Waals surface area contributed by atoms with Gasteiger partial charge in [-0.2, -0.15) is 8.78 Å². The van der Waals surface area contributed by atoms with E-state index in [0.717, 1.165) is 17.7 Å². The summed E-state index contributed by atoms with van der Waals surface area (Å²) in [6.07, 6.45) is 1.22. The van der Waals surface area contributed by atoms with Gasteiger partial charge in [0.1, 0.15) is 0 Å². The molecule has 0 bridgehead atoms. The zero-order valence-electron chi connectivity index (χ0n) is 13.6. The van der Waals surface area contributed by atoms with Crippen LogP contribution in [0.4, 0.5) is 14.5 Å². The third kappa shape index (κ3) is 3.89. The van der Waals surface area contributed by atoms with E-state index < -0.39 is 11.3 Å². The second-order valence-corrected chi connectivity index (χ2v) is 6.72. The Kier molecular flexibility index (Phi) is 5.17. The average molecular weight is 365 g/mol. The summed E-state index contributed by atoms with van der Waals surface area (Å²) in [6.45, 7) is 2.23. The molecule has 2 heterocycles. The molecule has 0 saturated heterocycles. The lowest BCUT2D eigenvalue weighted by Gasteiger charge is -2.17. The average Bonchev–Trinajstić information content (AvgIpc) is 2.97. The fourth-order valence-electron chi connectivity index (χ4n) is 2.98. The summed E-state index contributed by atoms with van der Waals surface area (Å²) in [4.78, 5) is 32.7. The van der Waals surface area contributed by atoms with Crippen molar-refractivity contribution in [2.45, 2.75) is 37.1 Å². The lowest BCUT2D eigenvalue weighted by molar-refractivity contribution is -0.118. The summed E-state index contributed by atoms with van der Waals surface area (Å²) >= 11 is 0.197. The van der Waals surface area contributed by atoms with Crippen molar-refractivity contribution in [3.05, 3.63) is 51.4 Å². The minimum absolute atomic E-state index is 0.0604. The van der Waals surface area contributed by atoms with Crippen LogP contribution in [-0.4, -0.2) is 28.2 Å². The number of nitrogens with one attached hydrogen (secondary N) is 1. The molecule has 0 spiro atoms. The molecule has 1 aromatic carbocycles. The van der Waals surface area contributed by atoms with Crippen LogP contribution in [-0.2, 0) is 17.6 Å². The monoisotopic (exact) mass is 365 g/mol. The van der Waals surface area contributed by atoms with Crippen molar-refractivity contribution in [3.63, 3.8) is 0 Å². The fraction of sp³-hybridized carbons (Fsp3) is 0.353. The predicted molar refractivity (Wildman–Crippen MR) is 92.3 cm³/mol. The van der Waals surface area contributed by atoms with Crippen LogP contribution in [0.3, 0.4) is 0 Å². The Hall–Kier alpha value is -2.22. The number of amides is 1. The van der Waals surface area contributed by atoms with Crippen LogP contribution in [0.15, 0.2) is 34.2 Å². The Morgan fingerprint density at radius 2 is 2.16 bits per heavy atom. The van der Waals surface area contributed by atoms with Gasteiger partial charge in [0.05, 0.1) is 0 Å². The van der Waals surface area contributed by atoms with E-state index in [9.17, 15) is 18.4 Å². The van der Waals surface area contributed by atoms with Gasteiger partial charge in [-0.3, -0.25) is 9.59 Å². The number of benzene rings is 1. The van der Waals surface area contributed by atoms with E-state index in [4.69, 9.17) is 0 Å². The van der Waals surface area contributed by atoms with E-state index >= 15 is 0 Å². The largest absolute Gasteiger partial charge is 0.312 e. The fourth-order valence-corrected chi connectivity index (χ4v) is 3.49. The van der Waals surface area contributed by atoms with Crippen molar-refractivity contribution in [1.82, 2.24) is 9.97 Å². The molecule has 0 aliphatic carbocycles. The molecule has 1 aliphatic heterocycles. The maximum Gasteiger partial charge on any atom is 0.291 e. The second-order valence-electron chi connectivity index (χ2n) is 5.74. The third-order valence-corrected chi connectivity index (χ3v) is 4.77. The van der Waals surface area contributed by atoms with Gasteiger partial charge in [-0.15, -0.1) is 0 Å². The van der Waals surface area contributed by atoms with Gasteiger partial charge in [0.2, 0.25) is 5.91 Å². The highest BCUT2D eigenvalue weighted by Crippen LogP contribution is 2.28. The number of rotatable bonds is 5. The van der Waals surface area contributed by atoms with E-state index in [2.05, 4.69) is 9.97 Å². The van der Waals surface area contributed by atoms with Gasteiger partial charge in [0, 0.05) is 29.9 Å². The molecule has 1 aromatic heterocycles. The number of H-pyrrole nitrogens is 1. The number of aromatic nitrogens is 2. The van der Waals surface area contributed by atoms with Crippen molar-refractivity contribution in [1.29, 1.82) is 0 Å². The van der Waals surface area contributed by atoms with Crippen LogP contribution in [0, 0.1) is 6.92 Å². The minimum atomic E-state index is -2.65. The van der Waals surface area contributed by atoms with E-state index in [0.29, 0.717) is 17.8 Å². The Bertz CT molecular complexity index is 854. The first-order chi connectivity index (χ1) is 12.0. The van der Waals surface area contributed by atoms with Gasteiger partial charge in [-0.25, -0.2) is 4.98 Å². The van der Waals surface area contributed by atoms with E-state index in [-0.39, 0.29) is 35.7 Å². The smallest absolute Gasteiger partial charge is 0.291 e. The highest BCUT2D eigenvalue weighted by atomic mass is 32.2. The van der Waals surface area contributed by atoms with Crippen LogP contribution >= 0.6 is 11.8 Å². The first kappa shape index (κ1) is 17.6. The second kappa shape index (κ2) is 7.35. The maximum absolute atomic E-state index is 12.5. The van der Waals surface area contributed by atoms with Gasteiger partial charge in [0.15, 0.2) is 5.16 Å². The summed E-state index contributed by atoms with van der Waals surface area (Å²) in [6, 6.07) is 7.75. The van der Waals surface area contributed by atoms with Crippen molar-refractivity contribution < 1.29 is 13.6 Å². The predicted octanol–water partition coefficient (Wildman–Crippen LogP) is 2.91. The molecule has 1 amide bonds. The zero-order valence-corrected chi connectivity index (χ0v) is 14.4. The van der Waals surface area contributed by atoms with Crippen LogP contribution in [0.1, 0.15) is 23.2 Å². The number of carbonyl (C=O) groups excluding carboxylic acids is 1. The zero-order chi connectivity index (χ0) is 18.0. The van der Waals surface area contributed by atoms with E-state index in [1.165, 1.54) is 0 Å². The van der Waals surface area contributed by atoms with Crippen molar-refractivity contribution in [2.24, 2.45) is 0 Å². The Morgan fingerprint density at radius 3 is 2.88 bits per heavy atom. The normalized spacial score (nSPS) is 13.4. The van der Waals surface area contributed by atoms with Crippen LogP contribution < -0.4 is 10.5 Å². The van der Waals surface area contributed by atoms with Gasteiger partial charge >= 0.3 is 0 Å². The standard InChI is InChI=1S/C17H17F2N3O2S/c1-10-12(15(24)21-17(20-10)25-16(18)19)6-7-14(23)22-9-8-11-4-2-3-5-13(11)22/h2-5,16H,6-9H2,1H3,(H,20,21,24). The van der Waals surface area contributed by atoms with Gasteiger partial charge in [-0.1, -0.05) is 18.2 Å². The first-order valence-corrected chi connectivity index (χ1v) is 8.76. The third-order valence-electron chi connectivity index (χ3n) is 4.18. The quantitative estimate of drug-likeness (QED) is 0.654. The number of hydrogen-bond donors (Lipinski definition) is 1. The number of aromatic amines is 1. The SMILES string of the molecule is Cc1nc(SC(F)F)[nH]c(=O)c1CCC(=O)N1CCc2ccccc21. The number of halogens is 2. The molecule has 25 heavy (non-hydrogen) atoms. The topological polar surface area (TPSA) is 66.1 Å². The maximum atomic E-state index is 12.5. The number of alkyl halides is 2. The first-order valence-electron chi connectivity index (χ1n) is 7.88. The van der Waals surface area contributed by atoms with Crippen molar-refractivity contribution >= 4 is 23.4 Å². The summed E-state index contributed by atoms with van der Waals surface area (Å²) in [5.74, 6) is -2.71. The Labute approximate surface area is 147 Å². The number of carbonyl (C=O) groups is 1. The molecule has 0 atom stereocenters. The number of fused-ring (bicyclic) bond motifs is 1. The molecule has 0 fully saturated rings. The molecule has 3 rings (SSSR count). The number of thioether (sulfide) groups is 1. The van der Waals surface area contributed by atoms with E-state index in [1.807, 2.05) is 24.3 Å². The lowest BCUT2D eigenvalue weighted by Crippen LogP contribution is -2.30. The lowest BCUT2D eigenvalue weighted by atomic mass is 10.1. The molecule has 132 valence electrons. The van der Waals surface area contributed by atoms with Gasteiger partial charge in [-0.05, 0) is 43.2 Å². The molecule has 5 nitrogen and oxygen atoms in total. The minimum Gasteiger partial charge on any atom is -0.312 e.